The van der Waals surface area contributed by atoms with Crippen LogP contribution < -0.4 is 27.3 Å². The molecule has 1 aliphatic carbocycles. The molecule has 10 nitrogen and oxygen atoms in total. The first-order valence-corrected chi connectivity index (χ1v) is 13.5. The molecule has 1 aromatic carbocycles. The Balaban J connectivity index is 1.59. The number of nitrogens with zero attached hydrogens (tertiary/aromatic N) is 4. The second-order valence-corrected chi connectivity index (χ2v) is 10.7. The fraction of sp³-hybridized carbons (Fsp3) is 0.320. The highest BCUT2D eigenvalue weighted by Gasteiger charge is 2.25. The number of rotatable bonds is 7. The zero-order valence-electron chi connectivity index (χ0n) is 20.6. The van der Waals surface area contributed by atoms with E-state index in [4.69, 9.17) is 15.5 Å². The van der Waals surface area contributed by atoms with E-state index in [-0.39, 0.29) is 22.7 Å². The average molecular weight is 540 g/mol. The highest BCUT2D eigenvalue weighted by molar-refractivity contribution is 7.99. The van der Waals surface area contributed by atoms with Crippen LogP contribution in [0, 0.1) is 0 Å². The van der Waals surface area contributed by atoms with E-state index < -0.39 is 17.0 Å². The summed E-state index contributed by atoms with van der Waals surface area (Å²) in [6, 6.07) is 7.11. The number of ether oxygens (including phenoxy) is 1. The summed E-state index contributed by atoms with van der Waals surface area (Å²) < 4.78 is 8.95. The third-order valence-electron chi connectivity index (χ3n) is 6.44. The number of ketones is 1. The van der Waals surface area contributed by atoms with Gasteiger partial charge in [-0.3, -0.25) is 28.1 Å². The van der Waals surface area contributed by atoms with E-state index in [0.717, 1.165) is 45.7 Å². The second-order valence-electron chi connectivity index (χ2n) is 8.68. The van der Waals surface area contributed by atoms with Gasteiger partial charge in [0.2, 0.25) is 0 Å². The molecular weight excluding hydrogens is 514 g/mol. The lowest BCUT2D eigenvalue weighted by Gasteiger charge is -2.14. The number of carbonyl (C=O) groups is 1. The smallest absolute Gasteiger partial charge is 0.332 e. The minimum atomic E-state index is -0.756. The molecule has 5 rings (SSSR count). The molecule has 0 fully saturated rings. The highest BCUT2D eigenvalue weighted by Crippen LogP contribution is 2.36. The molecule has 0 amide bonds. The first-order valence-electron chi connectivity index (χ1n) is 11.7. The van der Waals surface area contributed by atoms with Crippen LogP contribution in [-0.4, -0.2) is 36.8 Å². The molecule has 0 aliphatic heterocycles. The lowest BCUT2D eigenvalue weighted by molar-refractivity contribution is 0.102. The normalized spacial score (nSPS) is 12.7. The zero-order chi connectivity index (χ0) is 26.4. The molecule has 192 valence electrons. The number of hydrogen-bond donors (Lipinski definition) is 1. The van der Waals surface area contributed by atoms with E-state index in [9.17, 15) is 19.2 Å². The summed E-state index contributed by atoms with van der Waals surface area (Å²) in [5.74, 6) is -0.270. The third kappa shape index (κ3) is 4.19. The van der Waals surface area contributed by atoms with Crippen LogP contribution >= 0.6 is 23.1 Å². The van der Waals surface area contributed by atoms with Crippen LogP contribution in [0.25, 0.3) is 15.9 Å². The van der Waals surface area contributed by atoms with E-state index in [1.165, 1.54) is 34.9 Å². The Morgan fingerprint density at radius 3 is 2.54 bits per heavy atom. The lowest BCUT2D eigenvalue weighted by atomic mass is 10.2. The Labute approximate surface area is 219 Å². The molecule has 0 radical (unpaired) electrons. The van der Waals surface area contributed by atoms with Crippen molar-refractivity contribution in [3.8, 4) is 11.4 Å². The number of carbonyl (C=O) groups excluding carboxylic acids is 1. The summed E-state index contributed by atoms with van der Waals surface area (Å²) in [5, 5.41) is 0.952. The summed E-state index contributed by atoms with van der Waals surface area (Å²) >= 11 is 2.56. The van der Waals surface area contributed by atoms with E-state index in [1.807, 2.05) is 6.92 Å². The Morgan fingerprint density at radius 2 is 1.84 bits per heavy atom. The molecule has 37 heavy (non-hydrogen) atoms. The van der Waals surface area contributed by atoms with Crippen LogP contribution in [0.4, 0.5) is 5.82 Å². The zero-order valence-corrected chi connectivity index (χ0v) is 22.2. The molecule has 0 unspecified atom stereocenters. The van der Waals surface area contributed by atoms with Gasteiger partial charge in [-0.2, -0.15) is 0 Å². The van der Waals surface area contributed by atoms with Crippen molar-refractivity contribution in [3.05, 3.63) is 71.5 Å². The van der Waals surface area contributed by atoms with Crippen LogP contribution in [-0.2, 0) is 26.9 Å². The summed E-state index contributed by atoms with van der Waals surface area (Å²) in [6.45, 7) is 2.41. The van der Waals surface area contributed by atoms with E-state index >= 15 is 0 Å². The number of thioether (sulfide) groups is 1. The molecule has 2 N–H and O–H groups in total. The lowest BCUT2D eigenvalue weighted by Crippen LogP contribution is -2.41. The summed E-state index contributed by atoms with van der Waals surface area (Å²) in [6.07, 6.45) is 2.78. The monoisotopic (exact) mass is 539 g/mol. The topological polar surface area (TPSA) is 131 Å². The van der Waals surface area contributed by atoms with E-state index in [2.05, 4.69) is 0 Å². The fourth-order valence-corrected chi connectivity index (χ4v) is 6.72. The third-order valence-corrected chi connectivity index (χ3v) is 8.56. The summed E-state index contributed by atoms with van der Waals surface area (Å²) in [7, 11) is 2.69. The molecule has 0 saturated heterocycles. The van der Waals surface area contributed by atoms with Gasteiger partial charge in [0.1, 0.15) is 22.0 Å². The van der Waals surface area contributed by atoms with Crippen molar-refractivity contribution in [1.29, 1.82) is 0 Å². The minimum Gasteiger partial charge on any atom is -0.494 e. The number of nitrogens with two attached hydrogens (primary N) is 1. The molecule has 0 spiro atoms. The number of nitrogen functional groups attached to an aromatic ring is 1. The highest BCUT2D eigenvalue weighted by atomic mass is 32.2. The number of benzene rings is 1. The number of aromatic nitrogens is 4. The molecule has 3 heterocycles. The van der Waals surface area contributed by atoms with Gasteiger partial charge in [-0.25, -0.2) is 9.78 Å². The average Bonchev–Trinajstić information content (AvgIpc) is 3.47. The number of fused-ring (bicyclic) bond motifs is 3. The van der Waals surface area contributed by atoms with Gasteiger partial charge in [-0.15, -0.1) is 11.3 Å². The fourth-order valence-electron chi connectivity index (χ4n) is 4.53. The van der Waals surface area contributed by atoms with Crippen LogP contribution in [0.3, 0.4) is 0 Å². The molecule has 3 aromatic heterocycles. The first kappa shape index (κ1) is 25.0. The Morgan fingerprint density at radius 1 is 1.11 bits per heavy atom. The minimum absolute atomic E-state index is 0.193. The Kier molecular flexibility index (Phi) is 6.54. The van der Waals surface area contributed by atoms with Gasteiger partial charge in [-0.05, 0) is 56.0 Å². The van der Waals surface area contributed by atoms with Gasteiger partial charge in [0, 0.05) is 19.0 Å². The molecule has 12 heteroatoms. The van der Waals surface area contributed by atoms with Crippen LogP contribution in [0.1, 0.15) is 34.1 Å². The molecular formula is C25H25N5O5S2. The van der Waals surface area contributed by atoms with Crippen molar-refractivity contribution in [1.82, 2.24) is 18.7 Å². The summed E-state index contributed by atoms with van der Waals surface area (Å²) in [5.41, 5.74) is 5.79. The maximum atomic E-state index is 13.8. The molecule has 1 aliphatic rings. The molecule has 0 bridgehead atoms. The number of anilines is 1. The molecule has 4 aromatic rings. The predicted octanol–water partition coefficient (Wildman–Crippen LogP) is 2.29. The maximum absolute atomic E-state index is 13.8. The quantitative estimate of drug-likeness (QED) is 0.215. The first-order chi connectivity index (χ1) is 17.7. The van der Waals surface area contributed by atoms with Crippen LogP contribution in [0.5, 0.6) is 5.75 Å². The van der Waals surface area contributed by atoms with E-state index in [0.29, 0.717) is 33.4 Å². The number of thiophene rings is 1. The van der Waals surface area contributed by atoms with Crippen LogP contribution in [0.15, 0.2) is 43.8 Å². The predicted molar refractivity (Wildman–Crippen MR) is 145 cm³/mol. The Bertz CT molecular complexity index is 1730. The van der Waals surface area contributed by atoms with Crippen LogP contribution in [0.2, 0.25) is 0 Å². The van der Waals surface area contributed by atoms with Gasteiger partial charge >= 0.3 is 5.69 Å². The SMILES string of the molecule is CCOc1ccc(-n2c(SCC(=O)c3c(N)n(C)c(=O)n(C)c3=O)nc3sc4c(c3c2=O)CCC4)cc1. The van der Waals surface area contributed by atoms with Gasteiger partial charge in [-0.1, -0.05) is 11.8 Å². The largest absolute Gasteiger partial charge is 0.494 e. The number of hydrogen-bond acceptors (Lipinski definition) is 9. The van der Waals surface area contributed by atoms with Gasteiger partial charge in [0.25, 0.3) is 11.1 Å². The second kappa shape index (κ2) is 9.67. The number of Topliss-reactive ketones (excluding diaryl/α,β-unsaturated/α-hetero) is 1. The Hall–Kier alpha value is -3.64. The van der Waals surface area contributed by atoms with Crippen molar-refractivity contribution in [2.24, 2.45) is 14.1 Å². The molecule has 0 atom stereocenters. The summed E-state index contributed by atoms with van der Waals surface area (Å²) in [4.78, 5) is 58.4. The van der Waals surface area contributed by atoms with Crippen molar-refractivity contribution in [3.63, 3.8) is 0 Å². The maximum Gasteiger partial charge on any atom is 0.332 e. The van der Waals surface area contributed by atoms with E-state index in [1.54, 1.807) is 24.3 Å². The standard InChI is InChI=1S/C25H25N5O5S2/c1-4-35-14-10-8-13(9-11-14)30-23(33)18-15-6-5-7-17(15)37-21(18)27-24(30)36-12-16(31)19-20(26)28(2)25(34)29(3)22(19)32/h8-11H,4-7,12,26H2,1-3H3. The van der Waals surface area contributed by atoms with Gasteiger partial charge in [0.05, 0.1) is 23.4 Å². The van der Waals surface area contributed by atoms with Gasteiger partial charge < -0.3 is 10.5 Å². The van der Waals surface area contributed by atoms with Crippen molar-refractivity contribution >= 4 is 44.9 Å². The van der Waals surface area contributed by atoms with Crippen molar-refractivity contribution < 1.29 is 9.53 Å². The van der Waals surface area contributed by atoms with Crippen molar-refractivity contribution in [2.45, 2.75) is 31.3 Å². The molecule has 0 saturated carbocycles. The van der Waals surface area contributed by atoms with Gasteiger partial charge in [0.15, 0.2) is 10.9 Å². The number of aryl methyl sites for hydroxylation is 2. The van der Waals surface area contributed by atoms with Crippen molar-refractivity contribution in [2.75, 3.05) is 18.1 Å².